The highest BCUT2D eigenvalue weighted by Gasteiger charge is 2.19. The number of fused-ring (bicyclic) bond motifs is 1. The quantitative estimate of drug-likeness (QED) is 0.617. The van der Waals surface area contributed by atoms with E-state index in [1.807, 2.05) is 0 Å². The largest absolute Gasteiger partial charge is 0.368 e. The van der Waals surface area contributed by atoms with E-state index in [1.165, 1.54) is 27.6 Å². The zero-order chi connectivity index (χ0) is 17.9. The Morgan fingerprint density at radius 1 is 0.846 bits per heavy atom. The summed E-state index contributed by atoms with van der Waals surface area (Å²) >= 11 is 5.80. The third-order valence-corrected chi connectivity index (χ3v) is 5.66. The maximum absolute atomic E-state index is 5.80. The Balaban J connectivity index is 1.41. The average Bonchev–Trinajstić information content (AvgIpc) is 2.69. The van der Waals surface area contributed by atoms with Crippen LogP contribution in [0.3, 0.4) is 0 Å². The third-order valence-electron chi connectivity index (χ3n) is 5.25. The van der Waals surface area contributed by atoms with Crippen molar-refractivity contribution in [1.29, 1.82) is 0 Å². The lowest BCUT2D eigenvalue weighted by Gasteiger charge is -2.37. The minimum atomic E-state index is 0.848. The molecule has 0 radical (unpaired) electrons. The molecule has 1 heterocycles. The number of hydrogen-bond acceptors (Lipinski definition) is 2. The van der Waals surface area contributed by atoms with E-state index < -0.39 is 0 Å². The topological polar surface area (TPSA) is 6.48 Å². The van der Waals surface area contributed by atoms with Gasteiger partial charge in [-0.25, -0.2) is 0 Å². The fourth-order valence-electron chi connectivity index (χ4n) is 3.69. The Labute approximate surface area is 161 Å². The molecule has 0 atom stereocenters. The van der Waals surface area contributed by atoms with Gasteiger partial charge in [0.15, 0.2) is 0 Å². The van der Waals surface area contributed by atoms with Crippen LogP contribution in [-0.2, 0) is 6.42 Å². The molecule has 1 aliphatic heterocycles. The van der Waals surface area contributed by atoms with Crippen LogP contribution in [0, 0.1) is 6.92 Å². The lowest BCUT2D eigenvalue weighted by Crippen LogP contribution is -2.48. The molecule has 0 aliphatic carbocycles. The Kier molecular flexibility index (Phi) is 4.89. The molecule has 1 saturated heterocycles. The molecule has 26 heavy (non-hydrogen) atoms. The number of aryl methyl sites for hydroxylation is 1. The molecule has 132 valence electrons. The van der Waals surface area contributed by atoms with Crippen LogP contribution in [-0.4, -0.2) is 36.1 Å². The van der Waals surface area contributed by atoms with E-state index in [1.54, 1.807) is 0 Å². The molecule has 1 aliphatic rings. The van der Waals surface area contributed by atoms with Crippen molar-refractivity contribution in [2.24, 2.45) is 0 Å². The van der Waals surface area contributed by atoms with Gasteiger partial charge < -0.3 is 9.80 Å². The van der Waals surface area contributed by atoms with Gasteiger partial charge in [0.2, 0.25) is 0 Å². The van der Waals surface area contributed by atoms with E-state index in [2.05, 4.69) is 83.5 Å². The zero-order valence-corrected chi connectivity index (χ0v) is 16.0. The fourth-order valence-corrected chi connectivity index (χ4v) is 4.03. The molecule has 3 aromatic rings. The normalized spacial score (nSPS) is 14.7. The molecule has 0 unspecified atom stereocenters. The molecule has 4 rings (SSSR count). The first-order valence-corrected chi connectivity index (χ1v) is 9.67. The van der Waals surface area contributed by atoms with Gasteiger partial charge in [0.25, 0.3) is 0 Å². The van der Waals surface area contributed by atoms with E-state index in [0.717, 1.165) is 37.6 Å². The summed E-state index contributed by atoms with van der Waals surface area (Å²) in [5, 5.41) is 2.60. The molecule has 3 heteroatoms. The van der Waals surface area contributed by atoms with Crippen LogP contribution in [0.15, 0.2) is 66.7 Å². The second kappa shape index (κ2) is 7.46. The number of benzene rings is 3. The van der Waals surface area contributed by atoms with Crippen LogP contribution in [0.25, 0.3) is 10.8 Å². The van der Waals surface area contributed by atoms with Gasteiger partial charge in [-0.05, 0) is 35.4 Å². The zero-order valence-electron chi connectivity index (χ0n) is 15.2. The average molecular weight is 361 g/mol. The van der Waals surface area contributed by atoms with E-state index in [9.17, 15) is 0 Å². The summed E-state index contributed by atoms with van der Waals surface area (Å²) in [6.07, 6.45) is 0.848. The summed E-state index contributed by atoms with van der Waals surface area (Å²) in [7, 11) is 0. The first kappa shape index (κ1) is 17.0. The Morgan fingerprint density at radius 3 is 2.31 bits per heavy atom. The number of rotatable bonds is 3. The number of thiocarbonyl (C=S) groups is 1. The van der Waals surface area contributed by atoms with E-state index in [0.29, 0.717) is 0 Å². The number of hydrogen-bond donors (Lipinski definition) is 0. The highest BCUT2D eigenvalue weighted by atomic mass is 32.1. The van der Waals surface area contributed by atoms with E-state index in [-0.39, 0.29) is 0 Å². The first-order chi connectivity index (χ1) is 12.7. The molecule has 0 bridgehead atoms. The van der Waals surface area contributed by atoms with E-state index in [4.69, 9.17) is 12.2 Å². The van der Waals surface area contributed by atoms with Crippen LogP contribution in [0.2, 0.25) is 0 Å². The van der Waals surface area contributed by atoms with Crippen molar-refractivity contribution in [3.8, 4) is 0 Å². The van der Waals surface area contributed by atoms with Crippen molar-refractivity contribution >= 4 is 33.7 Å². The van der Waals surface area contributed by atoms with Crippen molar-refractivity contribution in [3.63, 3.8) is 0 Å². The van der Waals surface area contributed by atoms with Crippen molar-refractivity contribution in [1.82, 2.24) is 4.90 Å². The molecule has 0 aromatic heterocycles. The highest BCUT2D eigenvalue weighted by Crippen LogP contribution is 2.21. The van der Waals surface area contributed by atoms with Crippen LogP contribution < -0.4 is 4.90 Å². The SMILES string of the molecule is Cc1ccc(N2CCN(C(=S)Cc3cccc4ccccc34)CC2)cc1. The number of nitrogens with zero attached hydrogens (tertiary/aromatic N) is 2. The van der Waals surface area contributed by atoms with Gasteiger partial charge >= 0.3 is 0 Å². The van der Waals surface area contributed by atoms with Crippen molar-refractivity contribution in [2.45, 2.75) is 13.3 Å². The van der Waals surface area contributed by atoms with Gasteiger partial charge in [-0.15, -0.1) is 0 Å². The molecule has 0 N–H and O–H groups in total. The van der Waals surface area contributed by atoms with E-state index >= 15 is 0 Å². The Hall–Kier alpha value is -2.39. The van der Waals surface area contributed by atoms with Gasteiger partial charge in [0.1, 0.15) is 0 Å². The predicted octanol–water partition coefficient (Wildman–Crippen LogP) is 4.84. The van der Waals surface area contributed by atoms with Gasteiger partial charge in [0.05, 0.1) is 4.99 Å². The maximum Gasteiger partial charge on any atom is 0.0825 e. The summed E-state index contributed by atoms with van der Waals surface area (Å²) in [5.41, 5.74) is 3.95. The second-order valence-electron chi connectivity index (χ2n) is 7.02. The first-order valence-electron chi connectivity index (χ1n) is 9.27. The summed E-state index contributed by atoms with van der Waals surface area (Å²) < 4.78 is 0. The van der Waals surface area contributed by atoms with Gasteiger partial charge in [-0.2, -0.15) is 0 Å². The van der Waals surface area contributed by atoms with Crippen molar-refractivity contribution in [3.05, 3.63) is 77.9 Å². The summed E-state index contributed by atoms with van der Waals surface area (Å²) in [4.78, 5) is 5.89. The molecule has 2 nitrogen and oxygen atoms in total. The Bertz CT molecular complexity index is 904. The van der Waals surface area contributed by atoms with Crippen molar-refractivity contribution < 1.29 is 0 Å². The minimum absolute atomic E-state index is 0.848. The summed E-state index contributed by atoms with van der Waals surface area (Å²) in [6.45, 7) is 6.18. The molecular weight excluding hydrogens is 336 g/mol. The summed E-state index contributed by atoms with van der Waals surface area (Å²) in [6, 6.07) is 23.9. The fraction of sp³-hybridized carbons (Fsp3) is 0.261. The molecule has 3 aromatic carbocycles. The molecule has 0 spiro atoms. The van der Waals surface area contributed by atoms with Gasteiger partial charge in [-0.1, -0.05) is 72.4 Å². The van der Waals surface area contributed by atoms with Crippen LogP contribution in [0.4, 0.5) is 5.69 Å². The summed E-state index contributed by atoms with van der Waals surface area (Å²) in [5.74, 6) is 0. The molecular formula is C23H24N2S. The maximum atomic E-state index is 5.80. The van der Waals surface area contributed by atoms with Gasteiger partial charge in [0, 0.05) is 38.3 Å². The monoisotopic (exact) mass is 360 g/mol. The van der Waals surface area contributed by atoms with Crippen LogP contribution >= 0.6 is 12.2 Å². The third kappa shape index (κ3) is 3.58. The Morgan fingerprint density at radius 2 is 1.54 bits per heavy atom. The highest BCUT2D eigenvalue weighted by molar-refractivity contribution is 7.80. The number of anilines is 1. The van der Waals surface area contributed by atoms with Crippen LogP contribution in [0.1, 0.15) is 11.1 Å². The number of piperazine rings is 1. The van der Waals surface area contributed by atoms with Crippen molar-refractivity contribution in [2.75, 3.05) is 31.1 Å². The second-order valence-corrected chi connectivity index (χ2v) is 7.49. The minimum Gasteiger partial charge on any atom is -0.368 e. The lowest BCUT2D eigenvalue weighted by molar-refractivity contribution is 0.387. The molecule has 0 amide bonds. The lowest BCUT2D eigenvalue weighted by atomic mass is 10.0. The standard InChI is InChI=1S/C23H24N2S/c1-18-9-11-21(12-10-18)24-13-15-25(16-14-24)23(26)17-20-7-4-6-19-5-2-3-8-22(19)20/h2-12H,13-17H2,1H3. The smallest absolute Gasteiger partial charge is 0.0825 e. The predicted molar refractivity (Wildman–Crippen MR) is 115 cm³/mol. The molecule has 0 saturated carbocycles. The molecule has 1 fully saturated rings. The van der Waals surface area contributed by atoms with Crippen LogP contribution in [0.5, 0.6) is 0 Å². The van der Waals surface area contributed by atoms with Gasteiger partial charge in [-0.3, -0.25) is 0 Å².